The number of rotatable bonds is 6. The summed E-state index contributed by atoms with van der Waals surface area (Å²) in [4.78, 5) is 12.6. The summed E-state index contributed by atoms with van der Waals surface area (Å²) >= 11 is 0. The van der Waals surface area contributed by atoms with Gasteiger partial charge in [0.1, 0.15) is 0 Å². The van der Waals surface area contributed by atoms with E-state index in [4.69, 9.17) is 0 Å². The van der Waals surface area contributed by atoms with Crippen LogP contribution < -0.4 is 5.32 Å². The van der Waals surface area contributed by atoms with E-state index in [1.165, 1.54) is 46.9 Å². The minimum atomic E-state index is 0.194. The van der Waals surface area contributed by atoms with Gasteiger partial charge in [-0.05, 0) is 49.3 Å². The molecule has 1 aliphatic carbocycles. The molecule has 0 saturated heterocycles. The number of para-hydroxylation sites is 1. The zero-order valence-corrected chi connectivity index (χ0v) is 17.7. The van der Waals surface area contributed by atoms with Gasteiger partial charge in [-0.2, -0.15) is 0 Å². The zero-order valence-electron chi connectivity index (χ0n) is 17.7. The van der Waals surface area contributed by atoms with Crippen molar-refractivity contribution in [3.05, 3.63) is 71.4 Å². The third-order valence-electron chi connectivity index (χ3n) is 6.42. The van der Waals surface area contributed by atoms with Crippen LogP contribution in [-0.4, -0.2) is 16.5 Å². The van der Waals surface area contributed by atoms with Crippen molar-refractivity contribution in [3.8, 4) is 0 Å². The fraction of sp³-hybridized carbons (Fsp3) is 0.423. The maximum Gasteiger partial charge on any atom is 0.220 e. The monoisotopic (exact) mass is 388 g/mol. The number of carbonyl (C=O) groups excluding carboxylic acids is 1. The SMILES string of the molecule is Cc1ccc(Cn2cc(CCC(=O)N[C@H]3CCCC[C@H]3C)c3ccccc32)cc1. The van der Waals surface area contributed by atoms with Gasteiger partial charge in [-0.15, -0.1) is 0 Å². The third-order valence-corrected chi connectivity index (χ3v) is 6.42. The van der Waals surface area contributed by atoms with Crippen molar-refractivity contribution in [2.75, 3.05) is 0 Å². The molecule has 0 unspecified atom stereocenters. The fourth-order valence-corrected chi connectivity index (χ4v) is 4.60. The lowest BCUT2D eigenvalue weighted by atomic mass is 9.86. The Kier molecular flexibility index (Phi) is 6.03. The zero-order chi connectivity index (χ0) is 20.2. The predicted octanol–water partition coefficient (Wildman–Crippen LogP) is 5.63. The molecule has 1 N–H and O–H groups in total. The van der Waals surface area contributed by atoms with E-state index in [-0.39, 0.29) is 5.91 Å². The smallest absolute Gasteiger partial charge is 0.220 e. The lowest BCUT2D eigenvalue weighted by Crippen LogP contribution is -2.41. The minimum absolute atomic E-state index is 0.194. The van der Waals surface area contributed by atoms with E-state index in [9.17, 15) is 4.79 Å². The van der Waals surface area contributed by atoms with Crippen LogP contribution in [0.4, 0.5) is 0 Å². The van der Waals surface area contributed by atoms with Crippen molar-refractivity contribution in [2.24, 2.45) is 5.92 Å². The first-order valence-electron chi connectivity index (χ1n) is 11.0. The Hall–Kier alpha value is -2.55. The molecule has 1 aromatic heterocycles. The van der Waals surface area contributed by atoms with Gasteiger partial charge in [-0.25, -0.2) is 0 Å². The van der Waals surface area contributed by atoms with Crippen molar-refractivity contribution in [3.63, 3.8) is 0 Å². The van der Waals surface area contributed by atoms with E-state index in [0.29, 0.717) is 18.4 Å². The standard InChI is InChI=1S/C26H32N2O/c1-19-11-13-21(14-12-19)17-28-18-22(23-8-4-6-10-25(23)28)15-16-26(29)27-24-9-5-3-7-20(24)2/h4,6,8,10-14,18,20,24H,3,5,7,9,15-17H2,1-2H3,(H,27,29)/t20-,24+/m1/s1. The van der Waals surface area contributed by atoms with Crippen LogP contribution in [0.2, 0.25) is 0 Å². The van der Waals surface area contributed by atoms with Crippen molar-refractivity contribution in [1.29, 1.82) is 0 Å². The second kappa shape index (κ2) is 8.86. The van der Waals surface area contributed by atoms with Gasteiger partial charge in [0.25, 0.3) is 0 Å². The van der Waals surface area contributed by atoms with E-state index in [1.54, 1.807) is 0 Å². The van der Waals surface area contributed by atoms with Gasteiger partial charge < -0.3 is 9.88 Å². The molecule has 0 radical (unpaired) electrons. The van der Waals surface area contributed by atoms with Crippen LogP contribution in [0.1, 0.15) is 55.7 Å². The molecule has 4 rings (SSSR count). The van der Waals surface area contributed by atoms with E-state index in [2.05, 4.69) is 78.5 Å². The molecule has 1 amide bonds. The predicted molar refractivity (Wildman–Crippen MR) is 120 cm³/mol. The lowest BCUT2D eigenvalue weighted by Gasteiger charge is -2.29. The Morgan fingerprint density at radius 1 is 1.07 bits per heavy atom. The van der Waals surface area contributed by atoms with Crippen LogP contribution in [0.25, 0.3) is 10.9 Å². The van der Waals surface area contributed by atoms with Gasteiger partial charge in [0.05, 0.1) is 0 Å². The molecule has 1 saturated carbocycles. The topological polar surface area (TPSA) is 34.0 Å². The summed E-state index contributed by atoms with van der Waals surface area (Å²) in [6.07, 6.45) is 8.48. The van der Waals surface area contributed by atoms with Gasteiger partial charge in [0.2, 0.25) is 5.91 Å². The van der Waals surface area contributed by atoms with Crippen LogP contribution in [0.15, 0.2) is 54.7 Å². The number of aryl methyl sites for hydroxylation is 2. The number of hydrogen-bond acceptors (Lipinski definition) is 1. The minimum Gasteiger partial charge on any atom is -0.353 e. The summed E-state index contributed by atoms with van der Waals surface area (Å²) in [5.74, 6) is 0.795. The van der Waals surface area contributed by atoms with E-state index < -0.39 is 0 Å². The Morgan fingerprint density at radius 3 is 2.62 bits per heavy atom. The fourth-order valence-electron chi connectivity index (χ4n) is 4.60. The molecular formula is C26H32N2O. The van der Waals surface area contributed by atoms with Crippen molar-refractivity contribution < 1.29 is 4.79 Å². The molecule has 0 bridgehead atoms. The van der Waals surface area contributed by atoms with Gasteiger partial charge in [-0.3, -0.25) is 4.79 Å². The summed E-state index contributed by atoms with van der Waals surface area (Å²) in [5.41, 5.74) is 5.08. The van der Waals surface area contributed by atoms with Crippen LogP contribution >= 0.6 is 0 Å². The average Bonchev–Trinajstić information content (AvgIpc) is 3.08. The maximum absolute atomic E-state index is 12.6. The Morgan fingerprint density at radius 2 is 1.83 bits per heavy atom. The first-order valence-corrected chi connectivity index (χ1v) is 11.0. The molecule has 2 aromatic carbocycles. The largest absolute Gasteiger partial charge is 0.353 e. The quantitative estimate of drug-likeness (QED) is 0.584. The summed E-state index contributed by atoms with van der Waals surface area (Å²) in [6.45, 7) is 5.24. The van der Waals surface area contributed by atoms with Gasteiger partial charge in [0.15, 0.2) is 0 Å². The van der Waals surface area contributed by atoms with Crippen LogP contribution in [0.3, 0.4) is 0 Å². The number of amides is 1. The molecule has 3 heteroatoms. The van der Waals surface area contributed by atoms with Crippen molar-refractivity contribution in [1.82, 2.24) is 9.88 Å². The highest BCUT2D eigenvalue weighted by Gasteiger charge is 2.22. The highest BCUT2D eigenvalue weighted by molar-refractivity contribution is 5.85. The Bertz CT molecular complexity index is 970. The molecule has 0 spiro atoms. The summed E-state index contributed by atoms with van der Waals surface area (Å²) in [5, 5.41) is 4.56. The van der Waals surface area contributed by atoms with E-state index >= 15 is 0 Å². The number of fused-ring (bicyclic) bond motifs is 1. The number of carbonyl (C=O) groups is 1. The first-order chi connectivity index (χ1) is 14.1. The number of benzene rings is 2. The second-order valence-electron chi connectivity index (χ2n) is 8.72. The number of nitrogens with one attached hydrogen (secondary N) is 1. The van der Waals surface area contributed by atoms with Gasteiger partial charge in [-0.1, -0.05) is 67.8 Å². The van der Waals surface area contributed by atoms with Crippen molar-refractivity contribution >= 4 is 16.8 Å². The molecule has 29 heavy (non-hydrogen) atoms. The highest BCUT2D eigenvalue weighted by Crippen LogP contribution is 2.25. The van der Waals surface area contributed by atoms with Crippen LogP contribution in [0, 0.1) is 12.8 Å². The average molecular weight is 389 g/mol. The number of hydrogen-bond donors (Lipinski definition) is 1. The summed E-state index contributed by atoms with van der Waals surface area (Å²) in [7, 11) is 0. The normalized spacial score (nSPS) is 19.4. The Labute approximate surface area is 174 Å². The van der Waals surface area contributed by atoms with E-state index in [0.717, 1.165) is 19.4 Å². The van der Waals surface area contributed by atoms with Crippen molar-refractivity contribution in [2.45, 2.75) is 65.0 Å². The second-order valence-corrected chi connectivity index (χ2v) is 8.72. The number of nitrogens with zero attached hydrogens (tertiary/aromatic N) is 1. The Balaban J connectivity index is 1.46. The van der Waals surface area contributed by atoms with E-state index in [1.807, 2.05) is 0 Å². The molecule has 3 nitrogen and oxygen atoms in total. The van der Waals surface area contributed by atoms with Crippen LogP contribution in [0.5, 0.6) is 0 Å². The molecule has 1 fully saturated rings. The summed E-state index contributed by atoms with van der Waals surface area (Å²) < 4.78 is 2.32. The molecule has 0 aliphatic heterocycles. The lowest BCUT2D eigenvalue weighted by molar-refractivity contribution is -0.122. The molecule has 1 aliphatic rings. The van der Waals surface area contributed by atoms with Gasteiger partial charge >= 0.3 is 0 Å². The number of aromatic nitrogens is 1. The third kappa shape index (κ3) is 4.72. The molecular weight excluding hydrogens is 356 g/mol. The molecule has 152 valence electrons. The molecule has 1 heterocycles. The first kappa shape index (κ1) is 19.8. The molecule has 3 aromatic rings. The van der Waals surface area contributed by atoms with Gasteiger partial charge in [0, 0.05) is 36.1 Å². The summed E-state index contributed by atoms with van der Waals surface area (Å²) in [6, 6.07) is 17.6. The van der Waals surface area contributed by atoms with Crippen LogP contribution in [-0.2, 0) is 17.8 Å². The molecule has 2 atom stereocenters. The highest BCUT2D eigenvalue weighted by atomic mass is 16.1. The maximum atomic E-state index is 12.6.